The van der Waals surface area contributed by atoms with Crippen LogP contribution in [0.5, 0.6) is 0 Å². The van der Waals surface area contributed by atoms with Crippen molar-refractivity contribution in [1.29, 1.82) is 0 Å². The van der Waals surface area contributed by atoms with Gasteiger partial charge in [0.1, 0.15) is 0 Å². The van der Waals surface area contributed by atoms with E-state index in [1.54, 1.807) is 0 Å². The maximum Gasteiger partial charge on any atom is 0.211 e. The number of nitrogens with one attached hydrogen (secondary N) is 2. The summed E-state index contributed by atoms with van der Waals surface area (Å²) in [5.74, 6) is 0.262. The van der Waals surface area contributed by atoms with Crippen molar-refractivity contribution >= 4 is 10.0 Å². The van der Waals surface area contributed by atoms with Crippen LogP contribution in [-0.4, -0.2) is 57.3 Å². The molecule has 1 aliphatic heterocycles. The molecule has 0 aromatic rings. The van der Waals surface area contributed by atoms with E-state index < -0.39 is 10.0 Å². The van der Waals surface area contributed by atoms with Gasteiger partial charge in [0.15, 0.2) is 0 Å². The van der Waals surface area contributed by atoms with Gasteiger partial charge in [-0.25, -0.2) is 13.1 Å². The number of likely N-dealkylation sites (N-methyl/N-ethyl adjacent to an activating group) is 1. The number of nitrogens with zero attached hydrogens (tertiary/aromatic N) is 1. The molecule has 2 rings (SSSR count). The van der Waals surface area contributed by atoms with E-state index in [0.29, 0.717) is 18.6 Å². The fraction of sp³-hybridized carbons (Fsp3) is 1.00. The van der Waals surface area contributed by atoms with Crippen LogP contribution < -0.4 is 10.0 Å². The molecule has 0 bridgehead atoms. The minimum atomic E-state index is -3.09. The van der Waals surface area contributed by atoms with Gasteiger partial charge < -0.3 is 5.32 Å². The number of rotatable bonds is 10. The van der Waals surface area contributed by atoms with E-state index in [1.165, 1.54) is 19.3 Å². The van der Waals surface area contributed by atoms with Crippen LogP contribution in [0.25, 0.3) is 0 Å². The third kappa shape index (κ3) is 5.68. The van der Waals surface area contributed by atoms with E-state index >= 15 is 0 Å². The molecule has 0 aromatic heterocycles. The van der Waals surface area contributed by atoms with Crippen LogP contribution in [0.15, 0.2) is 0 Å². The van der Waals surface area contributed by atoms with Crippen LogP contribution in [-0.2, 0) is 10.0 Å². The van der Waals surface area contributed by atoms with Crippen molar-refractivity contribution in [3.05, 3.63) is 0 Å². The highest BCUT2D eigenvalue weighted by molar-refractivity contribution is 7.89. The summed E-state index contributed by atoms with van der Waals surface area (Å²) in [6.07, 6.45) is 6.57. The average molecular weight is 303 g/mol. The van der Waals surface area contributed by atoms with E-state index in [9.17, 15) is 8.42 Å². The minimum Gasteiger partial charge on any atom is -0.314 e. The highest BCUT2D eigenvalue weighted by atomic mass is 32.2. The lowest BCUT2D eigenvalue weighted by Crippen LogP contribution is -2.40. The van der Waals surface area contributed by atoms with Gasteiger partial charge in [0.2, 0.25) is 10.0 Å². The largest absolute Gasteiger partial charge is 0.314 e. The second-order valence-electron chi connectivity index (χ2n) is 6.03. The second-order valence-corrected chi connectivity index (χ2v) is 7.95. The summed E-state index contributed by atoms with van der Waals surface area (Å²) in [6.45, 7) is 5.79. The summed E-state index contributed by atoms with van der Waals surface area (Å²) >= 11 is 0. The highest BCUT2D eigenvalue weighted by Gasteiger charge is 2.24. The third-order valence-corrected chi connectivity index (χ3v) is 5.73. The molecule has 2 aliphatic rings. The van der Waals surface area contributed by atoms with Crippen LogP contribution >= 0.6 is 0 Å². The molecule has 1 saturated heterocycles. The number of sulfonamides is 1. The van der Waals surface area contributed by atoms with Gasteiger partial charge in [0.25, 0.3) is 0 Å². The maximum atomic E-state index is 11.9. The number of hydrogen-bond acceptors (Lipinski definition) is 4. The Morgan fingerprint density at radius 2 is 2.00 bits per heavy atom. The quantitative estimate of drug-likeness (QED) is 0.589. The molecule has 1 saturated carbocycles. The van der Waals surface area contributed by atoms with Gasteiger partial charge >= 0.3 is 0 Å². The first-order valence-corrected chi connectivity index (χ1v) is 9.70. The molecule has 118 valence electrons. The Kier molecular flexibility index (Phi) is 6.26. The minimum absolute atomic E-state index is 0.262. The van der Waals surface area contributed by atoms with Gasteiger partial charge in [0, 0.05) is 18.6 Å². The molecule has 0 aromatic carbocycles. The van der Waals surface area contributed by atoms with Crippen LogP contribution in [0, 0.1) is 0 Å². The lowest BCUT2D eigenvalue weighted by molar-refractivity contribution is 0.268. The first-order valence-electron chi connectivity index (χ1n) is 8.05. The zero-order valence-corrected chi connectivity index (χ0v) is 13.4. The summed E-state index contributed by atoms with van der Waals surface area (Å²) in [5, 5.41) is 3.41. The Morgan fingerprint density at radius 1 is 1.20 bits per heavy atom. The Labute approximate surface area is 123 Å². The lowest BCUT2D eigenvalue weighted by Gasteiger charge is -2.22. The van der Waals surface area contributed by atoms with Crippen molar-refractivity contribution in [3.8, 4) is 0 Å². The van der Waals surface area contributed by atoms with Crippen molar-refractivity contribution in [3.63, 3.8) is 0 Å². The monoisotopic (exact) mass is 303 g/mol. The van der Waals surface area contributed by atoms with E-state index in [-0.39, 0.29) is 5.75 Å². The molecule has 1 atom stereocenters. The summed E-state index contributed by atoms with van der Waals surface area (Å²) in [7, 11) is -3.09. The molecule has 1 unspecified atom stereocenters. The standard InChI is InChI=1S/C14H29N3O2S/c1-2-17-10-5-6-14(17)12-16-20(18,19)11-4-3-9-15-13-7-8-13/h13-16H,2-12H2,1H3. The normalized spacial score (nSPS) is 24.4. The fourth-order valence-corrected chi connectivity index (χ4v) is 4.02. The zero-order valence-electron chi connectivity index (χ0n) is 12.6. The van der Waals surface area contributed by atoms with E-state index in [2.05, 4.69) is 21.9 Å². The van der Waals surface area contributed by atoms with Gasteiger partial charge in [-0.05, 0) is 58.2 Å². The molecule has 1 aliphatic carbocycles. The van der Waals surface area contributed by atoms with Crippen molar-refractivity contribution in [2.45, 2.75) is 57.5 Å². The predicted octanol–water partition coefficient (Wildman–Crippen LogP) is 0.922. The molecule has 2 fully saturated rings. The van der Waals surface area contributed by atoms with Gasteiger partial charge in [-0.1, -0.05) is 6.92 Å². The van der Waals surface area contributed by atoms with Crippen LogP contribution in [0.1, 0.15) is 45.4 Å². The SMILES string of the molecule is CCN1CCCC1CNS(=O)(=O)CCCCNC1CC1. The predicted molar refractivity (Wildman–Crippen MR) is 82.3 cm³/mol. The van der Waals surface area contributed by atoms with Crippen LogP contribution in [0.3, 0.4) is 0 Å². The smallest absolute Gasteiger partial charge is 0.211 e. The lowest BCUT2D eigenvalue weighted by atomic mass is 10.2. The molecule has 0 radical (unpaired) electrons. The summed E-state index contributed by atoms with van der Waals surface area (Å²) < 4.78 is 26.7. The fourth-order valence-electron chi connectivity index (χ4n) is 2.85. The third-order valence-electron chi connectivity index (χ3n) is 4.29. The Hall–Kier alpha value is -0.170. The van der Waals surface area contributed by atoms with E-state index in [4.69, 9.17) is 0 Å². The van der Waals surface area contributed by atoms with Gasteiger partial charge in [-0.3, -0.25) is 4.90 Å². The Morgan fingerprint density at radius 3 is 2.70 bits per heavy atom. The first-order chi connectivity index (χ1) is 9.61. The van der Waals surface area contributed by atoms with Gasteiger partial charge in [-0.15, -0.1) is 0 Å². The van der Waals surface area contributed by atoms with E-state index in [0.717, 1.165) is 38.9 Å². The van der Waals surface area contributed by atoms with Gasteiger partial charge in [0.05, 0.1) is 5.75 Å². The molecule has 1 heterocycles. The maximum absolute atomic E-state index is 11.9. The zero-order chi connectivity index (χ0) is 14.4. The van der Waals surface area contributed by atoms with Crippen LogP contribution in [0.2, 0.25) is 0 Å². The summed E-state index contributed by atoms with van der Waals surface area (Å²) in [5.41, 5.74) is 0. The summed E-state index contributed by atoms with van der Waals surface area (Å²) in [4.78, 5) is 2.36. The van der Waals surface area contributed by atoms with Crippen molar-refractivity contribution in [1.82, 2.24) is 14.9 Å². The topological polar surface area (TPSA) is 61.4 Å². The number of hydrogen-bond donors (Lipinski definition) is 2. The van der Waals surface area contributed by atoms with Crippen molar-refractivity contribution in [2.75, 3.05) is 31.9 Å². The molecule has 0 spiro atoms. The van der Waals surface area contributed by atoms with Crippen molar-refractivity contribution in [2.24, 2.45) is 0 Å². The molecule has 6 heteroatoms. The second kappa shape index (κ2) is 7.73. The first kappa shape index (κ1) is 16.2. The number of unbranched alkanes of at least 4 members (excludes halogenated alkanes) is 1. The van der Waals surface area contributed by atoms with E-state index in [1.807, 2.05) is 0 Å². The van der Waals surface area contributed by atoms with Crippen LogP contribution in [0.4, 0.5) is 0 Å². The highest BCUT2D eigenvalue weighted by Crippen LogP contribution is 2.18. The Balaban J connectivity index is 1.57. The molecular weight excluding hydrogens is 274 g/mol. The number of likely N-dealkylation sites (tertiary alicyclic amines) is 1. The molecule has 20 heavy (non-hydrogen) atoms. The molecule has 2 N–H and O–H groups in total. The molecule has 0 amide bonds. The average Bonchev–Trinajstić information content (AvgIpc) is 3.12. The van der Waals surface area contributed by atoms with Gasteiger partial charge in [-0.2, -0.15) is 0 Å². The van der Waals surface area contributed by atoms with Crippen molar-refractivity contribution < 1.29 is 8.42 Å². The Bertz CT molecular complexity index is 382. The molecular formula is C14H29N3O2S. The summed E-state index contributed by atoms with van der Waals surface area (Å²) in [6, 6.07) is 1.11. The molecule has 5 nitrogen and oxygen atoms in total.